The first-order chi connectivity index (χ1) is 9.86. The zero-order valence-corrected chi connectivity index (χ0v) is 13.8. The highest BCUT2D eigenvalue weighted by atomic mass is 16.3. The van der Waals surface area contributed by atoms with Crippen molar-refractivity contribution in [3.8, 4) is 0 Å². The van der Waals surface area contributed by atoms with Crippen molar-refractivity contribution >= 4 is 11.6 Å². The molecule has 1 fully saturated rings. The monoisotopic (exact) mass is 292 g/mol. The minimum absolute atomic E-state index is 0.0955. The molecule has 0 aromatic carbocycles. The predicted molar refractivity (Wildman–Crippen MR) is 86.9 cm³/mol. The molecule has 0 saturated heterocycles. The van der Waals surface area contributed by atoms with Crippen LogP contribution in [0.25, 0.3) is 0 Å². The Balaban J connectivity index is 2.33. The molecule has 21 heavy (non-hydrogen) atoms. The van der Waals surface area contributed by atoms with E-state index in [-0.39, 0.29) is 12.0 Å². The van der Waals surface area contributed by atoms with Crippen molar-refractivity contribution in [1.82, 2.24) is 9.97 Å². The van der Waals surface area contributed by atoms with Gasteiger partial charge in [-0.3, -0.25) is 0 Å². The molecule has 1 aliphatic carbocycles. The number of aliphatic hydroxyl groups is 1. The molecule has 2 atom stereocenters. The van der Waals surface area contributed by atoms with Gasteiger partial charge in [-0.15, -0.1) is 0 Å². The van der Waals surface area contributed by atoms with E-state index in [0.717, 1.165) is 42.3 Å². The van der Waals surface area contributed by atoms with Gasteiger partial charge >= 0.3 is 0 Å². The van der Waals surface area contributed by atoms with Crippen LogP contribution in [0, 0.1) is 12.8 Å². The van der Waals surface area contributed by atoms with Crippen LogP contribution in [0.3, 0.4) is 0 Å². The minimum atomic E-state index is -0.0955. The molecule has 1 heterocycles. The molecular formula is C16H28N4O. The van der Waals surface area contributed by atoms with Gasteiger partial charge < -0.3 is 15.7 Å². The molecule has 5 heteroatoms. The maximum atomic E-state index is 9.48. The molecule has 0 radical (unpaired) electrons. The van der Waals surface area contributed by atoms with E-state index in [4.69, 9.17) is 4.98 Å². The molecule has 1 aromatic rings. The van der Waals surface area contributed by atoms with Crippen molar-refractivity contribution in [3.63, 3.8) is 0 Å². The summed E-state index contributed by atoms with van der Waals surface area (Å²) in [5, 5.41) is 16.2. The molecule has 0 aliphatic heterocycles. The third kappa shape index (κ3) is 3.46. The molecule has 0 spiro atoms. The summed E-state index contributed by atoms with van der Waals surface area (Å²) in [5.74, 6) is 2.93. The van der Waals surface area contributed by atoms with Gasteiger partial charge in [-0.2, -0.15) is 0 Å². The summed E-state index contributed by atoms with van der Waals surface area (Å²) in [4.78, 5) is 9.37. The fraction of sp³-hybridized carbons (Fsp3) is 0.750. The van der Waals surface area contributed by atoms with Crippen molar-refractivity contribution in [3.05, 3.63) is 11.4 Å². The van der Waals surface area contributed by atoms with E-state index in [1.54, 1.807) is 0 Å². The van der Waals surface area contributed by atoms with Crippen LogP contribution in [0.15, 0.2) is 0 Å². The summed E-state index contributed by atoms with van der Waals surface area (Å²) >= 11 is 0. The summed E-state index contributed by atoms with van der Waals surface area (Å²) in [6.45, 7) is 8.63. The number of nitrogens with one attached hydrogen (secondary N) is 2. The lowest BCUT2D eigenvalue weighted by molar-refractivity contribution is 0.222. The van der Waals surface area contributed by atoms with Gasteiger partial charge in [0.15, 0.2) is 0 Å². The lowest BCUT2D eigenvalue weighted by Crippen LogP contribution is -2.28. The standard InChI is InChI=1S/C16H28N4O/c1-10-13(17-5)19-15(16(2,3)4)20-14(10)18-12-8-6-7-11(12)9-21/h11-12,21H,6-9H2,1-5H3,(H2,17,18,19,20). The van der Waals surface area contributed by atoms with Crippen LogP contribution < -0.4 is 10.6 Å². The molecule has 2 unspecified atom stereocenters. The third-order valence-corrected chi connectivity index (χ3v) is 4.27. The summed E-state index contributed by atoms with van der Waals surface area (Å²) in [6.07, 6.45) is 3.34. The van der Waals surface area contributed by atoms with Gasteiger partial charge in [0.1, 0.15) is 17.5 Å². The summed E-state index contributed by atoms with van der Waals surface area (Å²) in [6, 6.07) is 0.307. The molecule has 1 aromatic heterocycles. The fourth-order valence-electron chi connectivity index (χ4n) is 2.86. The van der Waals surface area contributed by atoms with E-state index < -0.39 is 0 Å². The van der Waals surface area contributed by atoms with Gasteiger partial charge in [-0.05, 0) is 19.8 Å². The number of nitrogens with zero attached hydrogens (tertiary/aromatic N) is 2. The number of anilines is 2. The van der Waals surface area contributed by atoms with Crippen LogP contribution in [0.2, 0.25) is 0 Å². The summed E-state index contributed by atoms with van der Waals surface area (Å²) in [7, 11) is 1.89. The Morgan fingerprint density at radius 2 is 1.86 bits per heavy atom. The maximum absolute atomic E-state index is 9.48. The number of rotatable bonds is 4. The largest absolute Gasteiger partial charge is 0.396 e. The fourth-order valence-corrected chi connectivity index (χ4v) is 2.86. The van der Waals surface area contributed by atoms with E-state index in [2.05, 4.69) is 36.4 Å². The van der Waals surface area contributed by atoms with E-state index in [0.29, 0.717) is 12.0 Å². The van der Waals surface area contributed by atoms with Gasteiger partial charge in [0, 0.05) is 36.6 Å². The van der Waals surface area contributed by atoms with Gasteiger partial charge in [0.2, 0.25) is 0 Å². The molecule has 3 N–H and O–H groups in total. The number of hydrogen-bond acceptors (Lipinski definition) is 5. The first kappa shape index (κ1) is 16.0. The van der Waals surface area contributed by atoms with Gasteiger partial charge in [-0.1, -0.05) is 27.2 Å². The highest BCUT2D eigenvalue weighted by molar-refractivity contribution is 5.57. The van der Waals surface area contributed by atoms with E-state index in [1.807, 2.05) is 14.0 Å². The topological polar surface area (TPSA) is 70.1 Å². The van der Waals surface area contributed by atoms with Crippen LogP contribution in [-0.2, 0) is 5.41 Å². The molecule has 1 aliphatic rings. The van der Waals surface area contributed by atoms with Crippen LogP contribution in [0.5, 0.6) is 0 Å². The smallest absolute Gasteiger partial charge is 0.138 e. The second-order valence-electron chi connectivity index (χ2n) is 6.99. The molecule has 0 bridgehead atoms. The van der Waals surface area contributed by atoms with Gasteiger partial charge in [0.05, 0.1) is 0 Å². The Kier molecular flexibility index (Phi) is 4.71. The third-order valence-electron chi connectivity index (χ3n) is 4.27. The van der Waals surface area contributed by atoms with E-state index in [9.17, 15) is 5.11 Å². The van der Waals surface area contributed by atoms with Crippen LogP contribution in [0.1, 0.15) is 51.4 Å². The SMILES string of the molecule is CNc1nc(C(C)(C)C)nc(NC2CCCC2CO)c1C. The predicted octanol–water partition coefficient (Wildman–Crippen LogP) is 2.70. The van der Waals surface area contributed by atoms with Crippen molar-refractivity contribution in [2.45, 2.75) is 58.4 Å². The highest BCUT2D eigenvalue weighted by Crippen LogP contribution is 2.31. The van der Waals surface area contributed by atoms with Crippen molar-refractivity contribution < 1.29 is 5.11 Å². The highest BCUT2D eigenvalue weighted by Gasteiger charge is 2.28. The quantitative estimate of drug-likeness (QED) is 0.796. The number of aliphatic hydroxyl groups excluding tert-OH is 1. The summed E-state index contributed by atoms with van der Waals surface area (Å²) in [5.41, 5.74) is 0.941. The Hall–Kier alpha value is -1.36. The number of hydrogen-bond donors (Lipinski definition) is 3. The maximum Gasteiger partial charge on any atom is 0.138 e. The van der Waals surface area contributed by atoms with Gasteiger partial charge in [-0.25, -0.2) is 9.97 Å². The van der Waals surface area contributed by atoms with E-state index >= 15 is 0 Å². The molecule has 2 rings (SSSR count). The Bertz CT molecular complexity index is 496. The van der Waals surface area contributed by atoms with E-state index in [1.165, 1.54) is 0 Å². The van der Waals surface area contributed by atoms with Crippen molar-refractivity contribution in [2.24, 2.45) is 5.92 Å². The molecule has 1 saturated carbocycles. The molecule has 5 nitrogen and oxygen atoms in total. The first-order valence-electron chi connectivity index (χ1n) is 7.81. The molecule has 0 amide bonds. The van der Waals surface area contributed by atoms with Crippen LogP contribution >= 0.6 is 0 Å². The Morgan fingerprint density at radius 3 is 2.43 bits per heavy atom. The second kappa shape index (κ2) is 6.18. The Labute approximate surface area is 127 Å². The minimum Gasteiger partial charge on any atom is -0.396 e. The zero-order chi connectivity index (χ0) is 15.6. The van der Waals surface area contributed by atoms with Crippen LogP contribution in [0.4, 0.5) is 11.6 Å². The lowest BCUT2D eigenvalue weighted by atomic mass is 9.95. The van der Waals surface area contributed by atoms with Crippen molar-refractivity contribution in [2.75, 3.05) is 24.3 Å². The van der Waals surface area contributed by atoms with Gasteiger partial charge in [0.25, 0.3) is 0 Å². The lowest BCUT2D eigenvalue weighted by Gasteiger charge is -2.24. The number of aromatic nitrogens is 2. The van der Waals surface area contributed by atoms with Crippen LogP contribution in [-0.4, -0.2) is 34.8 Å². The molecule has 118 valence electrons. The molecular weight excluding hydrogens is 264 g/mol. The summed E-state index contributed by atoms with van der Waals surface area (Å²) < 4.78 is 0. The van der Waals surface area contributed by atoms with Crippen molar-refractivity contribution in [1.29, 1.82) is 0 Å². The average Bonchev–Trinajstić information content (AvgIpc) is 2.87. The average molecular weight is 292 g/mol. The normalized spacial score (nSPS) is 22.4. The second-order valence-corrected chi connectivity index (χ2v) is 6.99. The zero-order valence-electron chi connectivity index (χ0n) is 13.8. The first-order valence-corrected chi connectivity index (χ1v) is 7.81. The Morgan fingerprint density at radius 1 is 1.19 bits per heavy atom.